The van der Waals surface area contributed by atoms with Crippen LogP contribution in [0.1, 0.15) is 39.5 Å². The minimum Gasteiger partial charge on any atom is -0.341 e. The molecule has 0 aromatic carbocycles. The third kappa shape index (κ3) is 4.28. The Balaban J connectivity index is 2.49. The van der Waals surface area contributed by atoms with Crippen LogP contribution >= 0.6 is 0 Å². The van der Waals surface area contributed by atoms with E-state index in [0.717, 1.165) is 51.9 Å². The molecule has 0 radical (unpaired) electrons. The smallest absolute Gasteiger partial charge is 0.239 e. The fraction of sp³-hybridized carbons (Fsp3) is 0.923. The summed E-state index contributed by atoms with van der Waals surface area (Å²) in [5.41, 5.74) is 5.55. The predicted octanol–water partition coefficient (Wildman–Crippen LogP) is 1.06. The zero-order valence-corrected chi connectivity index (χ0v) is 11.3. The third-order valence-electron chi connectivity index (χ3n) is 3.48. The van der Waals surface area contributed by atoms with Crippen LogP contribution < -0.4 is 5.73 Å². The molecular formula is C13H27N3O. The number of nitrogens with zero attached hydrogens (tertiary/aromatic N) is 2. The molecule has 0 saturated carbocycles. The molecule has 1 saturated heterocycles. The van der Waals surface area contributed by atoms with Crippen LogP contribution in [-0.2, 0) is 4.79 Å². The quantitative estimate of drug-likeness (QED) is 0.725. The summed E-state index contributed by atoms with van der Waals surface area (Å²) in [5, 5.41) is 0. The highest BCUT2D eigenvalue weighted by Gasteiger charge is 2.26. The maximum Gasteiger partial charge on any atom is 0.239 e. The van der Waals surface area contributed by atoms with Gasteiger partial charge in [0.15, 0.2) is 0 Å². The minimum absolute atomic E-state index is 0.0135. The fourth-order valence-electron chi connectivity index (χ4n) is 2.44. The zero-order chi connectivity index (χ0) is 12.7. The van der Waals surface area contributed by atoms with Crippen molar-refractivity contribution in [2.24, 2.45) is 5.73 Å². The first-order valence-electron chi connectivity index (χ1n) is 6.93. The molecule has 4 heteroatoms. The van der Waals surface area contributed by atoms with Gasteiger partial charge in [-0.25, -0.2) is 0 Å². The summed E-state index contributed by atoms with van der Waals surface area (Å²) in [6, 6.07) is 0.0135. The van der Waals surface area contributed by atoms with Gasteiger partial charge in [0.2, 0.25) is 5.91 Å². The summed E-state index contributed by atoms with van der Waals surface area (Å²) in [5.74, 6) is 0.299. The van der Waals surface area contributed by atoms with Crippen LogP contribution in [0.2, 0.25) is 0 Å². The van der Waals surface area contributed by atoms with E-state index in [-0.39, 0.29) is 6.04 Å². The molecule has 1 atom stereocenters. The van der Waals surface area contributed by atoms with Crippen molar-refractivity contribution >= 4 is 5.91 Å². The Morgan fingerprint density at radius 1 is 1.35 bits per heavy atom. The number of hydrogen-bond acceptors (Lipinski definition) is 3. The lowest BCUT2D eigenvalue weighted by Gasteiger charge is -2.30. The van der Waals surface area contributed by atoms with Crippen LogP contribution in [-0.4, -0.2) is 54.5 Å². The maximum absolute atomic E-state index is 12.3. The first-order chi connectivity index (χ1) is 8.20. The molecule has 1 fully saturated rings. The van der Waals surface area contributed by atoms with Crippen LogP contribution in [0.5, 0.6) is 0 Å². The second-order valence-electron chi connectivity index (χ2n) is 4.89. The molecule has 1 unspecified atom stereocenters. The van der Waals surface area contributed by atoms with Gasteiger partial charge in [0, 0.05) is 19.6 Å². The van der Waals surface area contributed by atoms with Crippen molar-refractivity contribution in [1.82, 2.24) is 9.80 Å². The summed E-state index contributed by atoms with van der Waals surface area (Å²) in [6.45, 7) is 8.70. The summed E-state index contributed by atoms with van der Waals surface area (Å²) in [7, 11) is 0. The maximum atomic E-state index is 12.3. The van der Waals surface area contributed by atoms with Gasteiger partial charge in [-0.3, -0.25) is 9.69 Å². The fourth-order valence-corrected chi connectivity index (χ4v) is 2.44. The van der Waals surface area contributed by atoms with Crippen molar-refractivity contribution < 1.29 is 4.79 Å². The van der Waals surface area contributed by atoms with Crippen molar-refractivity contribution in [2.75, 3.05) is 32.7 Å². The Kier molecular flexibility index (Phi) is 6.52. The molecule has 1 aliphatic rings. The number of likely N-dealkylation sites (tertiary alicyclic amines) is 1. The topological polar surface area (TPSA) is 49.6 Å². The van der Waals surface area contributed by atoms with E-state index in [9.17, 15) is 4.79 Å². The van der Waals surface area contributed by atoms with Crippen molar-refractivity contribution in [1.29, 1.82) is 0 Å². The molecule has 0 bridgehead atoms. The molecule has 1 heterocycles. The highest BCUT2D eigenvalue weighted by atomic mass is 16.2. The first kappa shape index (κ1) is 14.5. The molecule has 0 spiro atoms. The number of carbonyl (C=O) groups excluding carboxylic acids is 1. The number of rotatable bonds is 7. The summed E-state index contributed by atoms with van der Waals surface area (Å²) in [4.78, 5) is 16.6. The molecule has 17 heavy (non-hydrogen) atoms. The predicted molar refractivity (Wildman–Crippen MR) is 70.8 cm³/mol. The van der Waals surface area contributed by atoms with E-state index in [4.69, 9.17) is 5.73 Å². The molecule has 0 aromatic rings. The van der Waals surface area contributed by atoms with Crippen molar-refractivity contribution in [3.63, 3.8) is 0 Å². The van der Waals surface area contributed by atoms with Gasteiger partial charge < -0.3 is 10.6 Å². The summed E-state index contributed by atoms with van der Waals surface area (Å²) >= 11 is 0. The Bertz CT molecular complexity index is 227. The SMILES string of the molecule is CCCN(CCCN)C(C)C(=O)N1CCCC1. The standard InChI is InChI=1S/C13H27N3O/c1-3-8-15(11-6-7-14)12(2)13(17)16-9-4-5-10-16/h12H,3-11,14H2,1-2H3. The van der Waals surface area contributed by atoms with Gasteiger partial charge >= 0.3 is 0 Å². The lowest BCUT2D eigenvalue weighted by molar-refractivity contribution is -0.135. The van der Waals surface area contributed by atoms with Gasteiger partial charge in [0.25, 0.3) is 0 Å². The highest BCUT2D eigenvalue weighted by Crippen LogP contribution is 2.12. The molecule has 1 amide bonds. The van der Waals surface area contributed by atoms with Gasteiger partial charge in [0.1, 0.15) is 0 Å². The lowest BCUT2D eigenvalue weighted by Crippen LogP contribution is -2.47. The Hall–Kier alpha value is -0.610. The van der Waals surface area contributed by atoms with E-state index in [0.29, 0.717) is 12.5 Å². The van der Waals surface area contributed by atoms with Gasteiger partial charge in [-0.15, -0.1) is 0 Å². The first-order valence-corrected chi connectivity index (χ1v) is 6.93. The van der Waals surface area contributed by atoms with Gasteiger partial charge in [-0.2, -0.15) is 0 Å². The van der Waals surface area contributed by atoms with E-state index in [1.54, 1.807) is 0 Å². The van der Waals surface area contributed by atoms with Crippen LogP contribution in [0.15, 0.2) is 0 Å². The second-order valence-corrected chi connectivity index (χ2v) is 4.89. The van der Waals surface area contributed by atoms with Crippen molar-refractivity contribution in [3.8, 4) is 0 Å². The average molecular weight is 241 g/mol. The van der Waals surface area contributed by atoms with Gasteiger partial charge in [0.05, 0.1) is 6.04 Å². The van der Waals surface area contributed by atoms with Crippen LogP contribution in [0.25, 0.3) is 0 Å². The van der Waals surface area contributed by atoms with Gasteiger partial charge in [-0.05, 0) is 45.7 Å². The van der Waals surface area contributed by atoms with E-state index in [1.165, 1.54) is 0 Å². The molecule has 0 aromatic heterocycles. The summed E-state index contributed by atoms with van der Waals surface area (Å²) in [6.07, 6.45) is 4.38. The number of hydrogen-bond donors (Lipinski definition) is 1. The zero-order valence-electron chi connectivity index (χ0n) is 11.3. The second kappa shape index (κ2) is 7.67. The third-order valence-corrected chi connectivity index (χ3v) is 3.48. The van der Waals surface area contributed by atoms with Crippen molar-refractivity contribution in [2.45, 2.75) is 45.6 Å². The van der Waals surface area contributed by atoms with Gasteiger partial charge in [-0.1, -0.05) is 6.92 Å². The number of nitrogens with two attached hydrogens (primary N) is 1. The summed E-state index contributed by atoms with van der Waals surface area (Å²) < 4.78 is 0. The Labute approximate surface area is 105 Å². The molecule has 2 N–H and O–H groups in total. The van der Waals surface area contributed by atoms with Crippen LogP contribution in [0, 0.1) is 0 Å². The molecule has 4 nitrogen and oxygen atoms in total. The average Bonchev–Trinajstić information content (AvgIpc) is 2.86. The number of amides is 1. The highest BCUT2D eigenvalue weighted by molar-refractivity contribution is 5.81. The van der Waals surface area contributed by atoms with Crippen LogP contribution in [0.3, 0.4) is 0 Å². The minimum atomic E-state index is 0.0135. The van der Waals surface area contributed by atoms with E-state index in [1.807, 2.05) is 11.8 Å². The Morgan fingerprint density at radius 3 is 2.53 bits per heavy atom. The number of carbonyl (C=O) groups is 1. The largest absolute Gasteiger partial charge is 0.341 e. The molecular weight excluding hydrogens is 214 g/mol. The van der Waals surface area contributed by atoms with E-state index < -0.39 is 0 Å². The lowest BCUT2D eigenvalue weighted by atomic mass is 10.2. The monoisotopic (exact) mass is 241 g/mol. The van der Waals surface area contributed by atoms with Crippen LogP contribution in [0.4, 0.5) is 0 Å². The van der Waals surface area contributed by atoms with E-state index in [2.05, 4.69) is 11.8 Å². The molecule has 100 valence electrons. The molecule has 0 aliphatic carbocycles. The van der Waals surface area contributed by atoms with Crippen molar-refractivity contribution in [3.05, 3.63) is 0 Å². The normalized spacial score (nSPS) is 17.8. The van der Waals surface area contributed by atoms with E-state index >= 15 is 0 Å². The molecule has 1 rings (SSSR count). The molecule has 1 aliphatic heterocycles. The Morgan fingerprint density at radius 2 is 2.00 bits per heavy atom.